The third-order valence-electron chi connectivity index (χ3n) is 5.29. The molecule has 4 rings (SSSR count). The van der Waals surface area contributed by atoms with Gasteiger partial charge in [-0.15, -0.1) is 24.0 Å². The van der Waals surface area contributed by atoms with Crippen molar-refractivity contribution in [2.75, 3.05) is 44.7 Å². The Kier molecular flexibility index (Phi) is 8.72. The summed E-state index contributed by atoms with van der Waals surface area (Å²) in [6.45, 7) is 7.24. The molecular weight excluding hydrogens is 517 g/mol. The van der Waals surface area contributed by atoms with E-state index in [2.05, 4.69) is 44.3 Å². The average Bonchev–Trinajstić information content (AvgIpc) is 3.37. The molecule has 32 heavy (non-hydrogen) atoms. The number of anilines is 1. The van der Waals surface area contributed by atoms with E-state index in [1.807, 2.05) is 42.7 Å². The molecule has 0 amide bonds. The van der Waals surface area contributed by atoms with Crippen LogP contribution in [0.15, 0.2) is 66.0 Å². The zero-order valence-corrected chi connectivity index (χ0v) is 20.8. The number of rotatable bonds is 6. The number of halogens is 1. The Morgan fingerprint density at radius 2 is 1.94 bits per heavy atom. The SMILES string of the molecule is CCNC(=NCc1ccnc(-n2cccn2)c1)N1CCN(c2cccc(OC)c2)CC1.I. The van der Waals surface area contributed by atoms with Crippen LogP contribution in [0.3, 0.4) is 0 Å². The minimum absolute atomic E-state index is 0. The fourth-order valence-corrected chi connectivity index (χ4v) is 3.66. The number of nitrogens with one attached hydrogen (secondary N) is 1. The highest BCUT2D eigenvalue weighted by Gasteiger charge is 2.20. The average molecular weight is 547 g/mol. The molecule has 3 aromatic rings. The quantitative estimate of drug-likeness (QED) is 0.291. The summed E-state index contributed by atoms with van der Waals surface area (Å²) in [5.74, 6) is 2.64. The van der Waals surface area contributed by atoms with Crippen LogP contribution in [0.1, 0.15) is 12.5 Å². The number of nitrogens with zero attached hydrogens (tertiary/aromatic N) is 6. The predicted molar refractivity (Wildman–Crippen MR) is 138 cm³/mol. The first-order valence-corrected chi connectivity index (χ1v) is 10.6. The summed E-state index contributed by atoms with van der Waals surface area (Å²) in [7, 11) is 1.71. The molecule has 0 unspecified atom stereocenters. The van der Waals surface area contributed by atoms with E-state index in [1.165, 1.54) is 5.69 Å². The molecule has 3 heterocycles. The van der Waals surface area contributed by atoms with Crippen LogP contribution < -0.4 is 15.0 Å². The lowest BCUT2D eigenvalue weighted by molar-refractivity contribution is 0.372. The third-order valence-corrected chi connectivity index (χ3v) is 5.29. The lowest BCUT2D eigenvalue weighted by atomic mass is 10.2. The molecule has 170 valence electrons. The summed E-state index contributed by atoms with van der Waals surface area (Å²) in [6, 6.07) is 14.2. The molecule has 1 saturated heterocycles. The van der Waals surface area contributed by atoms with E-state index in [0.29, 0.717) is 6.54 Å². The van der Waals surface area contributed by atoms with Gasteiger partial charge in [0.25, 0.3) is 0 Å². The van der Waals surface area contributed by atoms with Crippen LogP contribution in [0.5, 0.6) is 5.75 Å². The van der Waals surface area contributed by atoms with E-state index in [0.717, 1.165) is 55.8 Å². The van der Waals surface area contributed by atoms with Crippen LogP contribution in [0.25, 0.3) is 5.82 Å². The lowest BCUT2D eigenvalue weighted by Crippen LogP contribution is -2.52. The Balaban J connectivity index is 0.00000289. The van der Waals surface area contributed by atoms with Gasteiger partial charge in [0.2, 0.25) is 0 Å². The topological polar surface area (TPSA) is 70.8 Å². The minimum atomic E-state index is 0. The Morgan fingerprint density at radius 3 is 2.66 bits per heavy atom. The molecule has 0 bridgehead atoms. The maximum atomic E-state index is 5.37. The van der Waals surface area contributed by atoms with Crippen molar-refractivity contribution in [3.05, 3.63) is 66.6 Å². The molecule has 0 saturated carbocycles. The maximum Gasteiger partial charge on any atom is 0.194 e. The van der Waals surface area contributed by atoms with Gasteiger partial charge >= 0.3 is 0 Å². The zero-order valence-electron chi connectivity index (χ0n) is 18.5. The molecule has 2 aromatic heterocycles. The van der Waals surface area contributed by atoms with Gasteiger partial charge < -0.3 is 19.9 Å². The smallest absolute Gasteiger partial charge is 0.194 e. The Morgan fingerprint density at radius 1 is 1.09 bits per heavy atom. The van der Waals surface area contributed by atoms with Gasteiger partial charge in [0.1, 0.15) is 5.75 Å². The summed E-state index contributed by atoms with van der Waals surface area (Å²) in [5, 5.41) is 7.70. The summed E-state index contributed by atoms with van der Waals surface area (Å²) in [6.07, 6.45) is 5.45. The highest BCUT2D eigenvalue weighted by atomic mass is 127. The number of hydrogen-bond donors (Lipinski definition) is 1. The number of guanidine groups is 1. The highest BCUT2D eigenvalue weighted by Crippen LogP contribution is 2.22. The number of hydrogen-bond acceptors (Lipinski definition) is 5. The molecule has 0 aliphatic carbocycles. The largest absolute Gasteiger partial charge is 0.497 e. The summed E-state index contributed by atoms with van der Waals surface area (Å²) in [4.78, 5) is 14.0. The van der Waals surface area contributed by atoms with Crippen LogP contribution in [-0.2, 0) is 6.54 Å². The van der Waals surface area contributed by atoms with E-state index >= 15 is 0 Å². The van der Waals surface area contributed by atoms with Crippen LogP contribution in [-0.4, -0.2) is 65.5 Å². The van der Waals surface area contributed by atoms with Crippen molar-refractivity contribution in [3.63, 3.8) is 0 Å². The summed E-state index contributed by atoms with van der Waals surface area (Å²) >= 11 is 0. The molecule has 1 aliphatic rings. The number of ether oxygens (including phenoxy) is 1. The number of aliphatic imine (C=N–C) groups is 1. The van der Waals surface area contributed by atoms with Crippen molar-refractivity contribution >= 4 is 35.6 Å². The second-order valence-electron chi connectivity index (χ2n) is 7.32. The summed E-state index contributed by atoms with van der Waals surface area (Å²) in [5.41, 5.74) is 2.30. The van der Waals surface area contributed by atoms with Crippen molar-refractivity contribution in [2.45, 2.75) is 13.5 Å². The highest BCUT2D eigenvalue weighted by molar-refractivity contribution is 14.0. The number of methoxy groups -OCH3 is 1. The van der Waals surface area contributed by atoms with Gasteiger partial charge in [-0.2, -0.15) is 5.10 Å². The van der Waals surface area contributed by atoms with Crippen LogP contribution in [0.4, 0.5) is 5.69 Å². The molecule has 1 fully saturated rings. The van der Waals surface area contributed by atoms with Gasteiger partial charge in [0.15, 0.2) is 11.8 Å². The van der Waals surface area contributed by atoms with E-state index in [9.17, 15) is 0 Å². The summed E-state index contributed by atoms with van der Waals surface area (Å²) < 4.78 is 7.13. The van der Waals surface area contributed by atoms with Crippen LogP contribution in [0, 0.1) is 0 Å². The van der Waals surface area contributed by atoms with Crippen molar-refractivity contribution in [2.24, 2.45) is 4.99 Å². The first-order valence-electron chi connectivity index (χ1n) is 10.6. The van der Waals surface area contributed by atoms with Crippen molar-refractivity contribution in [1.82, 2.24) is 25.0 Å². The molecule has 9 heteroatoms. The number of pyridine rings is 1. The molecular formula is C23H30IN7O. The third kappa shape index (κ3) is 5.90. The fourth-order valence-electron chi connectivity index (χ4n) is 3.66. The fraction of sp³-hybridized carbons (Fsp3) is 0.348. The molecule has 8 nitrogen and oxygen atoms in total. The molecule has 1 aromatic carbocycles. The monoisotopic (exact) mass is 547 g/mol. The van der Waals surface area contributed by atoms with E-state index in [4.69, 9.17) is 9.73 Å². The first kappa shape index (κ1) is 23.8. The van der Waals surface area contributed by atoms with Gasteiger partial charge in [0.05, 0.1) is 13.7 Å². The standard InChI is InChI=1S/C23H29N7O.HI/c1-3-24-23(26-18-19-8-10-25-22(16-19)30-11-5-9-27-30)29-14-12-28(13-15-29)20-6-4-7-21(17-20)31-2;/h4-11,16-17H,3,12-15,18H2,1-2H3,(H,24,26);1H. The molecule has 0 spiro atoms. The van der Waals surface area contributed by atoms with Crippen molar-refractivity contribution in [3.8, 4) is 11.6 Å². The molecule has 1 N–H and O–H groups in total. The number of piperazine rings is 1. The van der Waals surface area contributed by atoms with Crippen LogP contribution in [0.2, 0.25) is 0 Å². The number of aromatic nitrogens is 3. The lowest BCUT2D eigenvalue weighted by Gasteiger charge is -2.37. The molecule has 0 radical (unpaired) electrons. The van der Waals surface area contributed by atoms with Crippen LogP contribution >= 0.6 is 24.0 Å². The Labute approximate surface area is 206 Å². The van der Waals surface area contributed by atoms with Crippen molar-refractivity contribution in [1.29, 1.82) is 0 Å². The second kappa shape index (κ2) is 11.7. The van der Waals surface area contributed by atoms with Gasteiger partial charge in [-0.25, -0.2) is 14.7 Å². The zero-order chi connectivity index (χ0) is 21.5. The van der Waals surface area contributed by atoms with E-state index < -0.39 is 0 Å². The Hall–Kier alpha value is -2.82. The van der Waals surface area contributed by atoms with Gasteiger partial charge in [0, 0.05) is 63.1 Å². The first-order chi connectivity index (χ1) is 15.3. The Bertz CT molecular complexity index is 1000. The second-order valence-corrected chi connectivity index (χ2v) is 7.32. The maximum absolute atomic E-state index is 5.37. The molecule has 1 aliphatic heterocycles. The van der Waals surface area contributed by atoms with E-state index in [1.54, 1.807) is 18.0 Å². The molecule has 0 atom stereocenters. The normalized spacial score (nSPS) is 14.1. The predicted octanol–water partition coefficient (Wildman–Crippen LogP) is 3.18. The van der Waals surface area contributed by atoms with Gasteiger partial charge in [-0.05, 0) is 42.8 Å². The van der Waals surface area contributed by atoms with E-state index in [-0.39, 0.29) is 24.0 Å². The minimum Gasteiger partial charge on any atom is -0.497 e. The van der Waals surface area contributed by atoms with Gasteiger partial charge in [-0.3, -0.25) is 0 Å². The van der Waals surface area contributed by atoms with Crippen molar-refractivity contribution < 1.29 is 4.74 Å². The van der Waals surface area contributed by atoms with Gasteiger partial charge in [-0.1, -0.05) is 6.07 Å². The number of benzene rings is 1.